The quantitative estimate of drug-likeness (QED) is 0.856. The molecule has 130 valence electrons. The molecule has 0 saturated carbocycles. The van der Waals surface area contributed by atoms with Crippen LogP contribution in [-0.2, 0) is 16.1 Å². The van der Waals surface area contributed by atoms with E-state index in [2.05, 4.69) is 10.3 Å². The van der Waals surface area contributed by atoms with E-state index >= 15 is 0 Å². The van der Waals surface area contributed by atoms with E-state index < -0.39 is 17.5 Å². The maximum atomic E-state index is 12.6. The van der Waals surface area contributed by atoms with Crippen LogP contribution in [0, 0.1) is 0 Å². The highest BCUT2D eigenvalue weighted by molar-refractivity contribution is 6.07. The summed E-state index contributed by atoms with van der Waals surface area (Å²) in [7, 11) is 1.69. The summed E-state index contributed by atoms with van der Waals surface area (Å²) in [6.07, 6.45) is 3.50. The molecule has 1 aliphatic heterocycles. The largest absolute Gasteiger partial charge is 0.340 e. The van der Waals surface area contributed by atoms with Crippen LogP contribution >= 0.6 is 0 Å². The normalized spacial score (nSPS) is 16.2. The molecule has 3 rings (SSSR count). The molecule has 2 aromatic rings. The Morgan fingerprint density at radius 2 is 2.04 bits per heavy atom. The predicted octanol–water partition coefficient (Wildman–Crippen LogP) is 1.52. The molecular weight excluding hydrogens is 320 g/mol. The van der Waals surface area contributed by atoms with Crippen molar-refractivity contribution < 1.29 is 14.4 Å². The molecule has 0 aliphatic carbocycles. The van der Waals surface area contributed by atoms with Gasteiger partial charge in [-0.3, -0.25) is 19.9 Å². The van der Waals surface area contributed by atoms with Crippen molar-refractivity contribution in [2.24, 2.45) is 0 Å². The summed E-state index contributed by atoms with van der Waals surface area (Å²) in [6, 6.07) is 7.23. The van der Waals surface area contributed by atoms with Crippen molar-refractivity contribution in [2.75, 3.05) is 13.6 Å². The summed E-state index contributed by atoms with van der Waals surface area (Å²) in [4.78, 5) is 43.2. The molecule has 1 aromatic heterocycles. The van der Waals surface area contributed by atoms with Gasteiger partial charge in [-0.05, 0) is 30.9 Å². The number of hydrogen-bond acceptors (Lipinski definition) is 4. The average molecular weight is 340 g/mol. The minimum Gasteiger partial charge on any atom is -0.340 e. The minimum absolute atomic E-state index is 0.145. The summed E-state index contributed by atoms with van der Waals surface area (Å²) < 4.78 is 0. The zero-order chi connectivity index (χ0) is 18.2. The number of hydrogen-bond donors (Lipinski definition) is 1. The Bertz CT molecular complexity index is 857. The topological polar surface area (TPSA) is 82.6 Å². The lowest BCUT2D eigenvalue weighted by atomic mass is 10.0. The highest BCUT2D eigenvalue weighted by atomic mass is 16.2. The molecule has 1 N–H and O–H groups in total. The van der Waals surface area contributed by atoms with Gasteiger partial charge < -0.3 is 9.80 Å². The highest BCUT2D eigenvalue weighted by Gasteiger charge is 2.46. The molecule has 2 heterocycles. The monoisotopic (exact) mass is 340 g/mol. The molecule has 1 aliphatic rings. The summed E-state index contributed by atoms with van der Waals surface area (Å²) in [5.41, 5.74) is -0.0319. The van der Waals surface area contributed by atoms with Crippen molar-refractivity contribution in [3.05, 3.63) is 42.2 Å². The first kappa shape index (κ1) is 16.9. The molecule has 0 atom stereocenters. The zero-order valence-corrected chi connectivity index (χ0v) is 14.4. The van der Waals surface area contributed by atoms with Gasteiger partial charge in [0, 0.05) is 31.4 Å². The molecule has 0 unspecified atom stereocenters. The molecule has 7 heteroatoms. The molecule has 1 fully saturated rings. The Morgan fingerprint density at radius 3 is 2.72 bits per heavy atom. The number of imide groups is 1. The third-order valence-corrected chi connectivity index (χ3v) is 4.59. The Morgan fingerprint density at radius 1 is 1.28 bits per heavy atom. The van der Waals surface area contributed by atoms with E-state index in [1.165, 1.54) is 4.90 Å². The van der Waals surface area contributed by atoms with Crippen molar-refractivity contribution in [3.8, 4) is 0 Å². The van der Waals surface area contributed by atoms with Gasteiger partial charge in [0.2, 0.25) is 5.91 Å². The fourth-order valence-corrected chi connectivity index (χ4v) is 2.89. The number of rotatable bonds is 4. The van der Waals surface area contributed by atoms with E-state index in [1.807, 2.05) is 24.3 Å². The molecule has 1 saturated heterocycles. The Labute approximate surface area is 145 Å². The minimum atomic E-state index is -1.03. The number of amides is 4. The third-order valence-electron chi connectivity index (χ3n) is 4.59. The number of likely N-dealkylation sites (N-methyl/N-ethyl adjacent to an activating group) is 1. The lowest BCUT2D eigenvalue weighted by Gasteiger charge is -2.29. The first-order valence-electron chi connectivity index (χ1n) is 7.99. The van der Waals surface area contributed by atoms with Crippen LogP contribution in [-0.4, -0.2) is 51.8 Å². The molecular formula is C18H20N4O3. The number of pyridine rings is 1. The second-order valence-electron chi connectivity index (χ2n) is 6.67. The van der Waals surface area contributed by atoms with Gasteiger partial charge in [0.05, 0.1) is 0 Å². The van der Waals surface area contributed by atoms with Crippen LogP contribution in [0.5, 0.6) is 0 Å². The van der Waals surface area contributed by atoms with Gasteiger partial charge in [-0.2, -0.15) is 0 Å². The lowest BCUT2D eigenvalue weighted by Crippen LogP contribution is -2.49. The molecule has 7 nitrogen and oxygen atoms in total. The fourth-order valence-electron chi connectivity index (χ4n) is 2.89. The average Bonchev–Trinajstić information content (AvgIpc) is 2.77. The van der Waals surface area contributed by atoms with E-state index in [-0.39, 0.29) is 12.5 Å². The Kier molecular flexibility index (Phi) is 4.16. The van der Waals surface area contributed by atoms with Crippen LogP contribution < -0.4 is 5.32 Å². The van der Waals surface area contributed by atoms with Crippen LogP contribution in [0.1, 0.15) is 19.4 Å². The highest BCUT2D eigenvalue weighted by Crippen LogP contribution is 2.22. The van der Waals surface area contributed by atoms with Crippen LogP contribution in [0.25, 0.3) is 10.8 Å². The predicted molar refractivity (Wildman–Crippen MR) is 92.5 cm³/mol. The second kappa shape index (κ2) is 6.16. The van der Waals surface area contributed by atoms with Gasteiger partial charge in [0.1, 0.15) is 12.1 Å². The lowest BCUT2D eigenvalue weighted by molar-refractivity contribution is -0.133. The van der Waals surface area contributed by atoms with E-state index in [1.54, 1.807) is 38.2 Å². The van der Waals surface area contributed by atoms with E-state index in [4.69, 9.17) is 0 Å². The van der Waals surface area contributed by atoms with Gasteiger partial charge in [-0.25, -0.2) is 4.79 Å². The van der Waals surface area contributed by atoms with Crippen LogP contribution in [0.3, 0.4) is 0 Å². The number of nitrogens with zero attached hydrogens (tertiary/aromatic N) is 3. The van der Waals surface area contributed by atoms with Gasteiger partial charge in [-0.15, -0.1) is 0 Å². The standard InChI is InChI=1S/C18H20N4O3/c1-18(2)16(24)20-17(25)22(18)11-15(23)21(3)10-13-6-4-5-12-9-19-8-7-14(12)13/h4-9H,10-11H2,1-3H3,(H,20,24,25). The molecule has 0 bridgehead atoms. The van der Waals surface area contributed by atoms with Crippen molar-refractivity contribution in [1.29, 1.82) is 0 Å². The van der Waals surface area contributed by atoms with Gasteiger partial charge >= 0.3 is 6.03 Å². The van der Waals surface area contributed by atoms with Gasteiger partial charge in [0.25, 0.3) is 5.91 Å². The second-order valence-corrected chi connectivity index (χ2v) is 6.67. The van der Waals surface area contributed by atoms with Crippen LogP contribution in [0.2, 0.25) is 0 Å². The first-order valence-corrected chi connectivity index (χ1v) is 7.99. The summed E-state index contributed by atoms with van der Waals surface area (Å²) in [5.74, 6) is -0.626. The zero-order valence-electron chi connectivity index (χ0n) is 14.4. The number of benzene rings is 1. The van der Waals surface area contributed by atoms with Crippen molar-refractivity contribution >= 4 is 28.6 Å². The maximum absolute atomic E-state index is 12.6. The van der Waals surface area contributed by atoms with Crippen LogP contribution in [0.4, 0.5) is 4.79 Å². The van der Waals surface area contributed by atoms with Gasteiger partial charge in [-0.1, -0.05) is 18.2 Å². The molecule has 0 radical (unpaired) electrons. The van der Waals surface area contributed by atoms with E-state index in [0.717, 1.165) is 16.3 Å². The number of aromatic nitrogens is 1. The molecule has 4 amide bonds. The SMILES string of the molecule is CN(Cc1cccc2cnccc12)C(=O)CN1C(=O)NC(=O)C1(C)C. The Balaban J connectivity index is 1.75. The third kappa shape index (κ3) is 3.05. The first-order chi connectivity index (χ1) is 11.8. The number of fused-ring (bicyclic) bond motifs is 1. The number of nitrogens with one attached hydrogen (secondary N) is 1. The van der Waals surface area contributed by atoms with E-state index in [0.29, 0.717) is 6.54 Å². The number of carbonyl (C=O) groups excluding carboxylic acids is 3. The number of carbonyl (C=O) groups is 3. The summed E-state index contributed by atoms with van der Waals surface area (Å²) in [5, 5.41) is 4.29. The number of urea groups is 1. The van der Waals surface area contributed by atoms with Gasteiger partial charge in [0.15, 0.2) is 0 Å². The fraction of sp³-hybridized carbons (Fsp3) is 0.333. The maximum Gasteiger partial charge on any atom is 0.325 e. The van der Waals surface area contributed by atoms with Crippen LogP contribution in [0.15, 0.2) is 36.7 Å². The molecule has 25 heavy (non-hydrogen) atoms. The van der Waals surface area contributed by atoms with Crippen molar-refractivity contribution in [1.82, 2.24) is 20.1 Å². The van der Waals surface area contributed by atoms with E-state index in [9.17, 15) is 14.4 Å². The Hall–Kier alpha value is -2.96. The smallest absolute Gasteiger partial charge is 0.325 e. The molecule has 0 spiro atoms. The van der Waals surface area contributed by atoms with Crippen molar-refractivity contribution in [2.45, 2.75) is 25.9 Å². The molecule has 1 aromatic carbocycles. The summed E-state index contributed by atoms with van der Waals surface area (Å²) in [6.45, 7) is 3.51. The van der Waals surface area contributed by atoms with Crippen molar-refractivity contribution in [3.63, 3.8) is 0 Å². The summed E-state index contributed by atoms with van der Waals surface area (Å²) >= 11 is 0.